The van der Waals surface area contributed by atoms with E-state index in [1.807, 2.05) is 25.1 Å². The Morgan fingerprint density at radius 1 is 1.50 bits per heavy atom. The number of hydrogen-bond acceptors (Lipinski definition) is 2. The molecule has 16 heavy (non-hydrogen) atoms. The van der Waals surface area contributed by atoms with E-state index >= 15 is 0 Å². The second-order valence-electron chi connectivity index (χ2n) is 3.87. The van der Waals surface area contributed by atoms with Gasteiger partial charge in [0.25, 0.3) is 0 Å². The maximum absolute atomic E-state index is 6.23. The SMILES string of the molecule is C=C(C)COc1cccc(CCCN)c1Cl. The lowest BCUT2D eigenvalue weighted by molar-refractivity contribution is 0.352. The number of benzene rings is 1. The third-order valence-electron chi connectivity index (χ3n) is 2.17. The van der Waals surface area contributed by atoms with Crippen LogP contribution in [0.1, 0.15) is 18.9 Å². The van der Waals surface area contributed by atoms with E-state index in [0.717, 1.165) is 29.7 Å². The molecule has 0 aliphatic rings. The number of hydrogen-bond donors (Lipinski definition) is 1. The van der Waals surface area contributed by atoms with Gasteiger partial charge in [0.05, 0.1) is 5.02 Å². The second kappa shape index (κ2) is 6.56. The van der Waals surface area contributed by atoms with E-state index in [9.17, 15) is 0 Å². The summed E-state index contributed by atoms with van der Waals surface area (Å²) >= 11 is 6.23. The first-order valence-corrected chi connectivity index (χ1v) is 5.77. The van der Waals surface area contributed by atoms with Crippen LogP contribution in [-0.2, 0) is 6.42 Å². The Labute approximate surface area is 102 Å². The molecule has 3 heteroatoms. The Morgan fingerprint density at radius 2 is 2.25 bits per heavy atom. The van der Waals surface area contributed by atoms with Gasteiger partial charge in [-0.15, -0.1) is 0 Å². The third-order valence-corrected chi connectivity index (χ3v) is 2.60. The minimum atomic E-state index is 0.500. The zero-order valence-electron chi connectivity index (χ0n) is 9.63. The zero-order chi connectivity index (χ0) is 12.0. The van der Waals surface area contributed by atoms with Crippen molar-refractivity contribution in [2.24, 2.45) is 5.73 Å². The summed E-state index contributed by atoms with van der Waals surface area (Å²) in [7, 11) is 0. The van der Waals surface area contributed by atoms with E-state index in [2.05, 4.69) is 6.58 Å². The molecule has 0 radical (unpaired) electrons. The highest BCUT2D eigenvalue weighted by Gasteiger charge is 2.06. The van der Waals surface area contributed by atoms with Gasteiger partial charge in [-0.2, -0.15) is 0 Å². The van der Waals surface area contributed by atoms with Gasteiger partial charge in [0.2, 0.25) is 0 Å². The van der Waals surface area contributed by atoms with Crippen LogP contribution in [0.5, 0.6) is 5.75 Å². The highest BCUT2D eigenvalue weighted by molar-refractivity contribution is 6.32. The van der Waals surface area contributed by atoms with Gasteiger partial charge < -0.3 is 10.5 Å². The highest BCUT2D eigenvalue weighted by Crippen LogP contribution is 2.29. The normalized spacial score (nSPS) is 10.2. The lowest BCUT2D eigenvalue weighted by Crippen LogP contribution is -2.02. The summed E-state index contributed by atoms with van der Waals surface area (Å²) in [6, 6.07) is 5.83. The predicted octanol–water partition coefficient (Wildman–Crippen LogP) is 3.19. The summed E-state index contributed by atoms with van der Waals surface area (Å²) in [4.78, 5) is 0. The maximum Gasteiger partial charge on any atom is 0.138 e. The van der Waals surface area contributed by atoms with Crippen LogP contribution in [0.2, 0.25) is 5.02 Å². The summed E-state index contributed by atoms with van der Waals surface area (Å²) in [5.41, 5.74) is 7.54. The van der Waals surface area contributed by atoms with Crippen LogP contribution in [0.15, 0.2) is 30.4 Å². The Kier molecular flexibility index (Phi) is 5.36. The number of ether oxygens (including phenoxy) is 1. The van der Waals surface area contributed by atoms with Crippen molar-refractivity contribution in [2.75, 3.05) is 13.2 Å². The molecule has 2 N–H and O–H groups in total. The Hall–Kier alpha value is -0.990. The molecule has 0 aromatic heterocycles. The van der Waals surface area contributed by atoms with Crippen LogP contribution in [-0.4, -0.2) is 13.2 Å². The Balaban J connectivity index is 2.73. The quantitative estimate of drug-likeness (QED) is 0.774. The van der Waals surface area contributed by atoms with Crippen molar-refractivity contribution in [1.82, 2.24) is 0 Å². The maximum atomic E-state index is 6.23. The summed E-state index contributed by atoms with van der Waals surface area (Å²) in [6.07, 6.45) is 1.82. The second-order valence-corrected chi connectivity index (χ2v) is 4.25. The van der Waals surface area contributed by atoms with Gasteiger partial charge in [-0.05, 0) is 43.5 Å². The smallest absolute Gasteiger partial charge is 0.138 e. The van der Waals surface area contributed by atoms with Gasteiger partial charge >= 0.3 is 0 Å². The van der Waals surface area contributed by atoms with Crippen LogP contribution in [0.25, 0.3) is 0 Å². The number of rotatable bonds is 6. The van der Waals surface area contributed by atoms with E-state index in [0.29, 0.717) is 18.2 Å². The van der Waals surface area contributed by atoms with Crippen molar-refractivity contribution in [2.45, 2.75) is 19.8 Å². The Morgan fingerprint density at radius 3 is 2.88 bits per heavy atom. The first kappa shape index (κ1) is 13.1. The topological polar surface area (TPSA) is 35.2 Å². The van der Waals surface area contributed by atoms with Gasteiger partial charge in [0.1, 0.15) is 12.4 Å². The third kappa shape index (κ3) is 3.87. The first-order valence-electron chi connectivity index (χ1n) is 5.39. The lowest BCUT2D eigenvalue weighted by atomic mass is 10.1. The summed E-state index contributed by atoms with van der Waals surface area (Å²) in [5, 5.41) is 0.692. The first-order chi connectivity index (χ1) is 7.65. The largest absolute Gasteiger partial charge is 0.488 e. The minimum Gasteiger partial charge on any atom is -0.488 e. The molecule has 0 atom stereocenters. The van der Waals surface area contributed by atoms with Crippen molar-refractivity contribution >= 4 is 11.6 Å². The van der Waals surface area contributed by atoms with Crippen LogP contribution in [0, 0.1) is 0 Å². The van der Waals surface area contributed by atoms with E-state index in [1.165, 1.54) is 0 Å². The molecular weight excluding hydrogens is 222 g/mol. The van der Waals surface area contributed by atoms with Gasteiger partial charge in [-0.25, -0.2) is 0 Å². The van der Waals surface area contributed by atoms with Crippen molar-refractivity contribution < 1.29 is 4.74 Å². The summed E-state index contributed by atoms with van der Waals surface area (Å²) in [6.45, 7) is 6.88. The lowest BCUT2D eigenvalue weighted by Gasteiger charge is -2.10. The summed E-state index contributed by atoms with van der Waals surface area (Å²) < 4.78 is 5.56. The minimum absolute atomic E-state index is 0.500. The molecule has 1 aromatic rings. The molecule has 1 aromatic carbocycles. The molecule has 0 spiro atoms. The summed E-state index contributed by atoms with van der Waals surface area (Å²) in [5.74, 6) is 0.721. The van der Waals surface area contributed by atoms with Crippen molar-refractivity contribution in [3.8, 4) is 5.75 Å². The van der Waals surface area contributed by atoms with Crippen LogP contribution in [0.3, 0.4) is 0 Å². The Bertz CT molecular complexity index is 363. The molecule has 0 heterocycles. The number of aryl methyl sites for hydroxylation is 1. The van der Waals surface area contributed by atoms with Crippen molar-refractivity contribution in [3.63, 3.8) is 0 Å². The van der Waals surface area contributed by atoms with Gasteiger partial charge in [-0.3, -0.25) is 0 Å². The zero-order valence-corrected chi connectivity index (χ0v) is 10.4. The molecule has 1 rings (SSSR count). The molecule has 0 bridgehead atoms. The molecular formula is C13H18ClNO. The fraction of sp³-hybridized carbons (Fsp3) is 0.385. The van der Waals surface area contributed by atoms with E-state index in [1.54, 1.807) is 0 Å². The fourth-order valence-corrected chi connectivity index (χ4v) is 1.63. The molecule has 88 valence electrons. The number of nitrogens with two attached hydrogens (primary N) is 1. The molecule has 0 fully saturated rings. The molecule has 0 saturated carbocycles. The average molecular weight is 240 g/mol. The van der Waals surface area contributed by atoms with Crippen molar-refractivity contribution in [1.29, 1.82) is 0 Å². The molecule has 0 unspecified atom stereocenters. The van der Waals surface area contributed by atoms with Crippen molar-refractivity contribution in [3.05, 3.63) is 40.9 Å². The van der Waals surface area contributed by atoms with Gasteiger partial charge in [-0.1, -0.05) is 30.3 Å². The number of halogens is 1. The predicted molar refractivity (Wildman–Crippen MR) is 69.1 cm³/mol. The molecule has 2 nitrogen and oxygen atoms in total. The standard InChI is InChI=1S/C13H18ClNO/c1-10(2)9-16-12-7-3-5-11(13(12)14)6-4-8-15/h3,5,7H,1,4,6,8-9,15H2,2H3. The van der Waals surface area contributed by atoms with E-state index in [4.69, 9.17) is 22.1 Å². The highest BCUT2D eigenvalue weighted by atomic mass is 35.5. The molecule has 0 amide bonds. The average Bonchev–Trinajstić information content (AvgIpc) is 2.26. The van der Waals surface area contributed by atoms with Crippen LogP contribution >= 0.6 is 11.6 Å². The fourth-order valence-electron chi connectivity index (χ4n) is 1.35. The van der Waals surface area contributed by atoms with Crippen LogP contribution < -0.4 is 10.5 Å². The molecule has 0 aliphatic carbocycles. The van der Waals surface area contributed by atoms with E-state index in [-0.39, 0.29) is 0 Å². The van der Waals surface area contributed by atoms with E-state index < -0.39 is 0 Å². The van der Waals surface area contributed by atoms with Gasteiger partial charge in [0.15, 0.2) is 0 Å². The monoisotopic (exact) mass is 239 g/mol. The molecule has 0 saturated heterocycles. The van der Waals surface area contributed by atoms with Gasteiger partial charge in [0, 0.05) is 0 Å². The van der Waals surface area contributed by atoms with Crippen LogP contribution in [0.4, 0.5) is 0 Å². The molecule has 0 aliphatic heterocycles.